The number of piperazine rings is 1. The molecule has 0 radical (unpaired) electrons. The summed E-state index contributed by atoms with van der Waals surface area (Å²) in [6, 6.07) is 4.22. The van der Waals surface area contributed by atoms with Gasteiger partial charge in [0.1, 0.15) is 0 Å². The highest BCUT2D eigenvalue weighted by Gasteiger charge is 2.35. The average molecular weight is 393 g/mol. The van der Waals surface area contributed by atoms with Gasteiger partial charge in [0.15, 0.2) is 5.01 Å². The zero-order valence-corrected chi connectivity index (χ0v) is 14.7. The van der Waals surface area contributed by atoms with E-state index >= 15 is 0 Å². The molecule has 1 aromatic heterocycles. The first-order chi connectivity index (χ1) is 11.6. The third kappa shape index (κ3) is 3.77. The summed E-state index contributed by atoms with van der Waals surface area (Å²) in [4.78, 5) is 17.5. The Morgan fingerprint density at radius 2 is 1.84 bits per heavy atom. The fourth-order valence-electron chi connectivity index (χ4n) is 2.58. The molecule has 1 aromatic carbocycles. The quantitative estimate of drug-likeness (QED) is 0.783. The van der Waals surface area contributed by atoms with Crippen LogP contribution in [0.1, 0.15) is 15.4 Å². The Kier molecular flexibility index (Phi) is 4.50. The molecular formula is C14H14F3N3O3S2. The molecule has 1 saturated heterocycles. The molecule has 1 fully saturated rings. The summed E-state index contributed by atoms with van der Waals surface area (Å²) in [5, 5.41) is -0.950. The van der Waals surface area contributed by atoms with E-state index in [-0.39, 0.29) is 47.9 Å². The lowest BCUT2D eigenvalue weighted by atomic mass is 10.2. The van der Waals surface area contributed by atoms with Crippen molar-refractivity contribution in [1.29, 1.82) is 0 Å². The molecule has 0 atom stereocenters. The second-order valence-electron chi connectivity index (χ2n) is 5.65. The average Bonchev–Trinajstić information content (AvgIpc) is 2.97. The number of amides is 1. The van der Waals surface area contributed by atoms with Crippen molar-refractivity contribution < 1.29 is 26.4 Å². The summed E-state index contributed by atoms with van der Waals surface area (Å²) >= 11 is 0.492. The highest BCUT2D eigenvalue weighted by molar-refractivity contribution is 7.88. The zero-order valence-electron chi connectivity index (χ0n) is 13.1. The topological polar surface area (TPSA) is 70.6 Å². The van der Waals surface area contributed by atoms with Crippen LogP contribution in [0, 0.1) is 0 Å². The summed E-state index contributed by atoms with van der Waals surface area (Å²) in [6.45, 7) is 0.873. The molecule has 0 N–H and O–H groups in total. The highest BCUT2D eigenvalue weighted by atomic mass is 32.2. The Balaban J connectivity index is 1.79. The number of hydrogen-bond acceptors (Lipinski definition) is 5. The van der Waals surface area contributed by atoms with Crippen LogP contribution in [0.3, 0.4) is 0 Å². The number of benzene rings is 1. The number of halogens is 3. The van der Waals surface area contributed by atoms with Gasteiger partial charge in [-0.25, -0.2) is 13.4 Å². The van der Waals surface area contributed by atoms with E-state index in [4.69, 9.17) is 0 Å². The number of alkyl halides is 3. The van der Waals surface area contributed by atoms with Gasteiger partial charge in [0, 0.05) is 31.7 Å². The van der Waals surface area contributed by atoms with Crippen LogP contribution in [0.2, 0.25) is 0 Å². The summed E-state index contributed by atoms with van der Waals surface area (Å²) in [7, 11) is -3.30. The lowest BCUT2D eigenvalue weighted by Gasteiger charge is -2.33. The molecule has 2 heterocycles. The molecule has 0 saturated carbocycles. The number of fused-ring (bicyclic) bond motifs is 1. The maximum Gasteiger partial charge on any atom is 0.443 e. The van der Waals surface area contributed by atoms with Crippen LogP contribution >= 0.6 is 11.3 Å². The van der Waals surface area contributed by atoms with Crippen molar-refractivity contribution in [2.75, 3.05) is 32.4 Å². The van der Waals surface area contributed by atoms with Crippen molar-refractivity contribution in [2.24, 2.45) is 0 Å². The van der Waals surface area contributed by atoms with Crippen molar-refractivity contribution in [2.45, 2.75) is 6.18 Å². The third-order valence-electron chi connectivity index (χ3n) is 3.87. The maximum absolute atomic E-state index is 12.7. The molecule has 11 heteroatoms. The van der Waals surface area contributed by atoms with Crippen LogP contribution in [0.4, 0.5) is 13.2 Å². The molecular weight excluding hydrogens is 379 g/mol. The van der Waals surface area contributed by atoms with E-state index in [0.29, 0.717) is 11.3 Å². The molecule has 0 aliphatic carbocycles. The van der Waals surface area contributed by atoms with Gasteiger partial charge in [0.2, 0.25) is 10.0 Å². The first-order valence-electron chi connectivity index (χ1n) is 7.28. The summed E-state index contributed by atoms with van der Waals surface area (Å²) in [5.41, 5.74) is 0.452. The number of sulfonamides is 1. The molecule has 136 valence electrons. The number of carbonyl (C=O) groups excluding carboxylic acids is 1. The van der Waals surface area contributed by atoms with Gasteiger partial charge < -0.3 is 4.90 Å². The summed E-state index contributed by atoms with van der Waals surface area (Å²) < 4.78 is 62.7. The van der Waals surface area contributed by atoms with Gasteiger partial charge in [-0.1, -0.05) is 0 Å². The van der Waals surface area contributed by atoms with Gasteiger partial charge >= 0.3 is 6.18 Å². The Labute approximate surface area is 145 Å². The second-order valence-corrected chi connectivity index (χ2v) is 8.67. The molecule has 25 heavy (non-hydrogen) atoms. The van der Waals surface area contributed by atoms with Gasteiger partial charge in [0.25, 0.3) is 5.91 Å². The minimum atomic E-state index is -4.52. The molecule has 2 aromatic rings. The summed E-state index contributed by atoms with van der Waals surface area (Å²) in [6.07, 6.45) is -3.41. The van der Waals surface area contributed by atoms with E-state index in [9.17, 15) is 26.4 Å². The van der Waals surface area contributed by atoms with Crippen LogP contribution < -0.4 is 0 Å². The molecule has 1 amide bonds. The largest absolute Gasteiger partial charge is 0.443 e. The van der Waals surface area contributed by atoms with Gasteiger partial charge in [-0.3, -0.25) is 4.79 Å². The normalized spacial score (nSPS) is 17.2. The van der Waals surface area contributed by atoms with E-state index in [1.807, 2.05) is 0 Å². The van der Waals surface area contributed by atoms with Crippen molar-refractivity contribution in [3.8, 4) is 0 Å². The van der Waals surface area contributed by atoms with Crippen LogP contribution in [0.25, 0.3) is 10.2 Å². The van der Waals surface area contributed by atoms with E-state index in [1.54, 1.807) is 0 Å². The lowest BCUT2D eigenvalue weighted by molar-refractivity contribution is -0.137. The molecule has 6 nitrogen and oxygen atoms in total. The Morgan fingerprint density at radius 1 is 1.20 bits per heavy atom. The van der Waals surface area contributed by atoms with Gasteiger partial charge in [0.05, 0.1) is 16.5 Å². The van der Waals surface area contributed by atoms with Gasteiger partial charge in [-0.15, -0.1) is 11.3 Å². The Morgan fingerprint density at radius 3 is 2.40 bits per heavy atom. The van der Waals surface area contributed by atoms with Crippen LogP contribution in [0.15, 0.2) is 18.2 Å². The predicted molar refractivity (Wildman–Crippen MR) is 86.9 cm³/mol. The lowest BCUT2D eigenvalue weighted by Crippen LogP contribution is -2.50. The number of hydrogen-bond donors (Lipinski definition) is 0. The number of aromatic nitrogens is 1. The Hall–Kier alpha value is -1.72. The minimum Gasteiger partial charge on any atom is -0.336 e. The number of nitrogens with zero attached hydrogens (tertiary/aromatic N) is 3. The fourth-order valence-corrected chi connectivity index (χ4v) is 4.28. The van der Waals surface area contributed by atoms with Gasteiger partial charge in [-0.2, -0.15) is 17.5 Å². The van der Waals surface area contributed by atoms with Crippen molar-refractivity contribution in [3.63, 3.8) is 0 Å². The zero-order chi connectivity index (χ0) is 18.4. The van der Waals surface area contributed by atoms with Crippen molar-refractivity contribution >= 4 is 37.5 Å². The Bertz CT molecular complexity index is 916. The molecule has 3 rings (SSSR count). The minimum absolute atomic E-state index is 0.191. The molecule has 1 aliphatic rings. The van der Waals surface area contributed by atoms with Gasteiger partial charge in [-0.05, 0) is 18.2 Å². The van der Waals surface area contributed by atoms with E-state index in [2.05, 4.69) is 4.98 Å². The predicted octanol–water partition coefficient (Wildman–Crippen LogP) is 2.03. The van der Waals surface area contributed by atoms with Crippen molar-refractivity contribution in [1.82, 2.24) is 14.2 Å². The smallest absolute Gasteiger partial charge is 0.336 e. The number of thiazole rings is 1. The fraction of sp³-hybridized carbons (Fsp3) is 0.429. The number of carbonyl (C=O) groups is 1. The molecule has 0 spiro atoms. The standard InChI is InChI=1S/C14H14F3N3O3S2/c1-25(22,23)20-6-4-19(5-7-20)12(21)9-2-3-10-11(8-9)24-13(18-10)14(15,16)17/h2-3,8H,4-7H2,1H3. The molecule has 0 bridgehead atoms. The highest BCUT2D eigenvalue weighted by Crippen LogP contribution is 2.35. The molecule has 1 aliphatic heterocycles. The van der Waals surface area contributed by atoms with Crippen molar-refractivity contribution in [3.05, 3.63) is 28.8 Å². The van der Waals surface area contributed by atoms with Crippen LogP contribution in [0.5, 0.6) is 0 Å². The SMILES string of the molecule is CS(=O)(=O)N1CCN(C(=O)c2ccc3nc(C(F)(F)F)sc3c2)CC1. The molecule has 0 unspecified atom stereocenters. The number of rotatable bonds is 2. The first-order valence-corrected chi connectivity index (χ1v) is 9.94. The third-order valence-corrected chi connectivity index (χ3v) is 6.24. The summed E-state index contributed by atoms with van der Waals surface area (Å²) in [5.74, 6) is -0.336. The van der Waals surface area contributed by atoms with E-state index in [0.717, 1.165) is 6.26 Å². The van der Waals surface area contributed by atoms with Crippen LogP contribution in [-0.4, -0.2) is 60.9 Å². The maximum atomic E-state index is 12.7. The monoisotopic (exact) mass is 393 g/mol. The second kappa shape index (κ2) is 6.22. The van der Waals surface area contributed by atoms with E-state index < -0.39 is 21.2 Å². The van der Waals surface area contributed by atoms with Crippen LogP contribution in [-0.2, 0) is 16.2 Å². The van der Waals surface area contributed by atoms with E-state index in [1.165, 1.54) is 27.4 Å². The first kappa shape index (κ1) is 18.1.